The van der Waals surface area contributed by atoms with Crippen molar-refractivity contribution in [3.8, 4) is 5.75 Å². The summed E-state index contributed by atoms with van der Waals surface area (Å²) in [4.78, 5) is 11.3. The lowest BCUT2D eigenvalue weighted by Gasteiger charge is -2.11. The van der Waals surface area contributed by atoms with Crippen molar-refractivity contribution in [2.75, 3.05) is 24.4 Å². The van der Waals surface area contributed by atoms with Gasteiger partial charge in [0.15, 0.2) is 11.6 Å². The number of aromatic nitrogens is 2. The first-order valence-electron chi connectivity index (χ1n) is 6.81. The summed E-state index contributed by atoms with van der Waals surface area (Å²) in [6.45, 7) is 4.02. The number of nitrogens with zero attached hydrogens (tertiary/aromatic N) is 2. The van der Waals surface area contributed by atoms with Crippen molar-refractivity contribution >= 4 is 23.4 Å². The molecule has 1 heterocycles. The van der Waals surface area contributed by atoms with E-state index in [1.54, 1.807) is 26.2 Å². The highest BCUT2D eigenvalue weighted by atomic mass is 16.5. The number of methoxy groups -OCH3 is 1. The molecule has 2 rings (SSSR count). The Morgan fingerprint density at radius 2 is 1.91 bits per heavy atom. The SMILES string of the molecule is CCOC(=O)Nc1ccc(Nc2cc(C)ccc2OC)nn1. The summed E-state index contributed by atoms with van der Waals surface area (Å²) >= 11 is 0. The van der Waals surface area contributed by atoms with Crippen molar-refractivity contribution < 1.29 is 14.3 Å². The molecule has 0 aliphatic carbocycles. The third-order valence-corrected chi connectivity index (χ3v) is 2.79. The van der Waals surface area contributed by atoms with Crippen LogP contribution in [0.15, 0.2) is 30.3 Å². The molecular formula is C15H18N4O3. The van der Waals surface area contributed by atoms with Gasteiger partial charge in [-0.2, -0.15) is 0 Å². The zero-order valence-electron chi connectivity index (χ0n) is 12.7. The maximum atomic E-state index is 11.3. The predicted octanol–water partition coefficient (Wildman–Crippen LogP) is 3.11. The zero-order valence-corrected chi connectivity index (χ0v) is 12.7. The summed E-state index contributed by atoms with van der Waals surface area (Å²) < 4.78 is 10.1. The van der Waals surface area contributed by atoms with Crippen LogP contribution in [-0.2, 0) is 4.74 Å². The second-order valence-corrected chi connectivity index (χ2v) is 4.48. The first kappa shape index (κ1) is 15.6. The molecule has 116 valence electrons. The summed E-state index contributed by atoms with van der Waals surface area (Å²) in [7, 11) is 1.61. The first-order valence-corrected chi connectivity index (χ1v) is 6.81. The second-order valence-electron chi connectivity index (χ2n) is 4.48. The summed E-state index contributed by atoms with van der Waals surface area (Å²) in [5, 5.41) is 13.5. The van der Waals surface area contributed by atoms with Crippen LogP contribution in [0, 0.1) is 6.92 Å². The molecular weight excluding hydrogens is 284 g/mol. The molecule has 0 spiro atoms. The van der Waals surface area contributed by atoms with E-state index in [0.29, 0.717) is 24.0 Å². The number of carbonyl (C=O) groups is 1. The van der Waals surface area contributed by atoms with Crippen molar-refractivity contribution in [2.24, 2.45) is 0 Å². The minimum atomic E-state index is -0.558. The fourth-order valence-corrected chi connectivity index (χ4v) is 1.79. The van der Waals surface area contributed by atoms with Crippen LogP contribution < -0.4 is 15.4 Å². The fourth-order valence-electron chi connectivity index (χ4n) is 1.79. The minimum absolute atomic E-state index is 0.298. The van der Waals surface area contributed by atoms with Gasteiger partial charge in [0, 0.05) is 0 Å². The van der Waals surface area contributed by atoms with Crippen LogP contribution in [0.5, 0.6) is 5.75 Å². The van der Waals surface area contributed by atoms with Crippen LogP contribution in [0.25, 0.3) is 0 Å². The van der Waals surface area contributed by atoms with Gasteiger partial charge < -0.3 is 14.8 Å². The van der Waals surface area contributed by atoms with Crippen LogP contribution >= 0.6 is 0 Å². The molecule has 7 nitrogen and oxygen atoms in total. The average molecular weight is 302 g/mol. The van der Waals surface area contributed by atoms with E-state index >= 15 is 0 Å². The third kappa shape index (κ3) is 4.08. The van der Waals surface area contributed by atoms with Gasteiger partial charge in [-0.3, -0.25) is 5.32 Å². The highest BCUT2D eigenvalue weighted by Gasteiger charge is 2.07. The number of nitrogens with one attached hydrogen (secondary N) is 2. The first-order chi connectivity index (χ1) is 10.6. The Morgan fingerprint density at radius 3 is 2.55 bits per heavy atom. The van der Waals surface area contributed by atoms with Crippen LogP contribution in [0.4, 0.5) is 22.1 Å². The Kier molecular flexibility index (Phi) is 5.13. The molecule has 0 radical (unpaired) electrons. The number of carbonyl (C=O) groups excluding carboxylic acids is 1. The van der Waals surface area contributed by atoms with E-state index in [1.165, 1.54) is 0 Å². The van der Waals surface area contributed by atoms with Crippen LogP contribution in [-0.4, -0.2) is 30.0 Å². The Balaban J connectivity index is 2.08. The molecule has 2 aromatic rings. The molecule has 0 fully saturated rings. The standard InChI is InChI=1S/C15H18N4O3/c1-4-22-15(20)17-14-8-7-13(18-19-14)16-11-9-10(2)5-6-12(11)21-3/h5-9H,4H2,1-3H3,(H,16,18)(H,17,19,20). The molecule has 22 heavy (non-hydrogen) atoms. The number of anilines is 3. The molecule has 0 unspecified atom stereocenters. The summed E-state index contributed by atoms with van der Waals surface area (Å²) in [5.41, 5.74) is 1.89. The number of benzene rings is 1. The van der Waals surface area contributed by atoms with Gasteiger partial charge >= 0.3 is 6.09 Å². The van der Waals surface area contributed by atoms with Gasteiger partial charge in [0.05, 0.1) is 19.4 Å². The number of hydrogen-bond acceptors (Lipinski definition) is 6. The van der Waals surface area contributed by atoms with Gasteiger partial charge in [0.25, 0.3) is 0 Å². The molecule has 1 aromatic carbocycles. The third-order valence-electron chi connectivity index (χ3n) is 2.79. The lowest BCUT2D eigenvalue weighted by Crippen LogP contribution is -2.14. The van der Waals surface area contributed by atoms with E-state index in [4.69, 9.17) is 9.47 Å². The largest absolute Gasteiger partial charge is 0.495 e. The number of rotatable bonds is 5. The molecule has 0 saturated heterocycles. The normalized spacial score (nSPS) is 9.95. The lowest BCUT2D eigenvalue weighted by molar-refractivity contribution is 0.168. The smallest absolute Gasteiger partial charge is 0.412 e. The monoisotopic (exact) mass is 302 g/mol. The fraction of sp³-hybridized carbons (Fsp3) is 0.267. The Hall–Kier alpha value is -2.83. The highest BCUT2D eigenvalue weighted by Crippen LogP contribution is 2.27. The molecule has 1 amide bonds. The van der Waals surface area contributed by atoms with Gasteiger partial charge in [-0.05, 0) is 43.7 Å². The number of hydrogen-bond donors (Lipinski definition) is 2. The maximum absolute atomic E-state index is 11.3. The molecule has 7 heteroatoms. The molecule has 2 N–H and O–H groups in total. The second kappa shape index (κ2) is 7.26. The summed E-state index contributed by atoms with van der Waals surface area (Å²) in [6, 6.07) is 9.12. The van der Waals surface area contributed by atoms with E-state index in [2.05, 4.69) is 20.8 Å². The van der Waals surface area contributed by atoms with Gasteiger partial charge in [-0.25, -0.2) is 4.79 Å². The number of ether oxygens (including phenoxy) is 2. The molecule has 0 aliphatic heterocycles. The van der Waals surface area contributed by atoms with Crippen molar-refractivity contribution in [3.05, 3.63) is 35.9 Å². The Morgan fingerprint density at radius 1 is 1.18 bits per heavy atom. The van der Waals surface area contributed by atoms with E-state index in [0.717, 1.165) is 11.3 Å². The highest BCUT2D eigenvalue weighted by molar-refractivity contribution is 5.83. The van der Waals surface area contributed by atoms with Crippen molar-refractivity contribution in [2.45, 2.75) is 13.8 Å². The molecule has 0 atom stereocenters. The lowest BCUT2D eigenvalue weighted by atomic mass is 10.2. The van der Waals surface area contributed by atoms with Crippen molar-refractivity contribution in [1.29, 1.82) is 0 Å². The van der Waals surface area contributed by atoms with E-state index < -0.39 is 6.09 Å². The quantitative estimate of drug-likeness (QED) is 0.882. The van der Waals surface area contributed by atoms with Crippen LogP contribution in [0.2, 0.25) is 0 Å². The molecule has 1 aromatic heterocycles. The average Bonchev–Trinajstić information content (AvgIpc) is 2.50. The van der Waals surface area contributed by atoms with Gasteiger partial charge in [0.1, 0.15) is 5.75 Å². The molecule has 0 saturated carbocycles. The summed E-state index contributed by atoms with van der Waals surface area (Å²) in [5.74, 6) is 1.57. The minimum Gasteiger partial charge on any atom is -0.495 e. The van der Waals surface area contributed by atoms with Gasteiger partial charge in [-0.15, -0.1) is 10.2 Å². The van der Waals surface area contributed by atoms with Crippen molar-refractivity contribution in [3.63, 3.8) is 0 Å². The molecule has 0 bridgehead atoms. The topological polar surface area (TPSA) is 85.4 Å². The van der Waals surface area contributed by atoms with Crippen LogP contribution in [0.3, 0.4) is 0 Å². The zero-order chi connectivity index (χ0) is 15.9. The maximum Gasteiger partial charge on any atom is 0.412 e. The molecule has 0 aliphatic rings. The van der Waals surface area contributed by atoms with E-state index in [-0.39, 0.29) is 0 Å². The van der Waals surface area contributed by atoms with E-state index in [1.807, 2.05) is 25.1 Å². The number of aryl methyl sites for hydroxylation is 1. The number of amides is 1. The van der Waals surface area contributed by atoms with Gasteiger partial charge in [0.2, 0.25) is 0 Å². The van der Waals surface area contributed by atoms with Crippen LogP contribution in [0.1, 0.15) is 12.5 Å². The van der Waals surface area contributed by atoms with Crippen molar-refractivity contribution in [1.82, 2.24) is 10.2 Å². The Labute approximate surface area is 128 Å². The summed E-state index contributed by atoms with van der Waals surface area (Å²) in [6.07, 6.45) is -0.558. The van der Waals surface area contributed by atoms with Gasteiger partial charge in [-0.1, -0.05) is 6.07 Å². The predicted molar refractivity (Wildman–Crippen MR) is 83.7 cm³/mol. The Bertz CT molecular complexity index is 644. The van der Waals surface area contributed by atoms with E-state index in [9.17, 15) is 4.79 Å².